The van der Waals surface area contributed by atoms with Crippen molar-refractivity contribution < 1.29 is 9.59 Å². The number of primary amides is 1. The largest absolute Gasteiger partial charge is 0.368 e. The van der Waals surface area contributed by atoms with Crippen molar-refractivity contribution in [2.45, 2.75) is 39.2 Å². The van der Waals surface area contributed by atoms with Gasteiger partial charge in [0, 0.05) is 6.42 Å². The fraction of sp³-hybridized carbons (Fsp3) is 0.467. The number of carbonyl (C=O) groups excluding carboxylic acids is 2. The highest BCUT2D eigenvalue weighted by Crippen LogP contribution is 2.06. The van der Waals surface area contributed by atoms with Gasteiger partial charge < -0.3 is 11.1 Å². The summed E-state index contributed by atoms with van der Waals surface area (Å²) in [7, 11) is 0. The van der Waals surface area contributed by atoms with Gasteiger partial charge in [0.2, 0.25) is 11.8 Å². The summed E-state index contributed by atoms with van der Waals surface area (Å²) in [5, 5.41) is 2.70. The SMILES string of the molecule is CC(C)CC(=O)N[C@@H](CCc1ccccc1)C(N)=O. The first-order valence-electron chi connectivity index (χ1n) is 6.61. The highest BCUT2D eigenvalue weighted by Gasteiger charge is 2.18. The summed E-state index contributed by atoms with van der Waals surface area (Å²) >= 11 is 0. The van der Waals surface area contributed by atoms with Crippen molar-refractivity contribution in [1.29, 1.82) is 0 Å². The molecule has 1 aromatic carbocycles. The highest BCUT2D eigenvalue weighted by atomic mass is 16.2. The molecule has 0 aliphatic carbocycles. The van der Waals surface area contributed by atoms with Crippen LogP contribution in [0.4, 0.5) is 0 Å². The van der Waals surface area contributed by atoms with Gasteiger partial charge in [-0.15, -0.1) is 0 Å². The van der Waals surface area contributed by atoms with Crippen LogP contribution in [0, 0.1) is 5.92 Å². The van der Waals surface area contributed by atoms with Gasteiger partial charge in [0.05, 0.1) is 0 Å². The Labute approximate surface area is 114 Å². The first kappa shape index (κ1) is 15.2. The molecule has 0 saturated heterocycles. The van der Waals surface area contributed by atoms with E-state index in [0.717, 1.165) is 12.0 Å². The average molecular weight is 262 g/mol. The lowest BCUT2D eigenvalue weighted by atomic mass is 10.0. The topological polar surface area (TPSA) is 72.2 Å². The second-order valence-corrected chi connectivity index (χ2v) is 5.14. The molecular formula is C15H22N2O2. The van der Waals surface area contributed by atoms with Crippen LogP contribution in [0.2, 0.25) is 0 Å². The molecule has 0 radical (unpaired) electrons. The third kappa shape index (κ3) is 6.04. The second kappa shape index (κ2) is 7.56. The number of nitrogens with one attached hydrogen (secondary N) is 1. The summed E-state index contributed by atoms with van der Waals surface area (Å²) in [4.78, 5) is 23.0. The molecule has 0 spiro atoms. The number of hydrogen-bond donors (Lipinski definition) is 2. The van der Waals surface area contributed by atoms with Crippen LogP contribution >= 0.6 is 0 Å². The Hall–Kier alpha value is -1.84. The van der Waals surface area contributed by atoms with Crippen LogP contribution in [0.3, 0.4) is 0 Å². The Morgan fingerprint density at radius 3 is 2.37 bits per heavy atom. The van der Waals surface area contributed by atoms with Gasteiger partial charge in [0.25, 0.3) is 0 Å². The molecule has 1 aromatic rings. The molecule has 0 aliphatic heterocycles. The summed E-state index contributed by atoms with van der Waals surface area (Å²) in [6.07, 6.45) is 1.66. The molecule has 0 saturated carbocycles. The van der Waals surface area contributed by atoms with E-state index in [-0.39, 0.29) is 11.8 Å². The van der Waals surface area contributed by atoms with E-state index in [4.69, 9.17) is 5.73 Å². The number of aryl methyl sites for hydroxylation is 1. The zero-order valence-electron chi connectivity index (χ0n) is 11.6. The smallest absolute Gasteiger partial charge is 0.240 e. The number of hydrogen-bond acceptors (Lipinski definition) is 2. The van der Waals surface area contributed by atoms with Gasteiger partial charge in [-0.25, -0.2) is 0 Å². The summed E-state index contributed by atoms with van der Waals surface area (Å²) in [6.45, 7) is 3.92. The zero-order chi connectivity index (χ0) is 14.3. The van der Waals surface area contributed by atoms with Crippen molar-refractivity contribution >= 4 is 11.8 Å². The molecule has 0 heterocycles. The zero-order valence-corrected chi connectivity index (χ0v) is 11.6. The standard InChI is InChI=1S/C15H22N2O2/c1-11(2)10-14(18)17-13(15(16)19)9-8-12-6-4-3-5-7-12/h3-7,11,13H,8-10H2,1-2H3,(H2,16,19)(H,17,18)/t13-/m0/s1. The molecule has 19 heavy (non-hydrogen) atoms. The predicted molar refractivity (Wildman–Crippen MR) is 75.3 cm³/mol. The number of rotatable bonds is 7. The van der Waals surface area contributed by atoms with Crippen molar-refractivity contribution in [2.24, 2.45) is 11.7 Å². The van der Waals surface area contributed by atoms with Crippen LogP contribution in [0.25, 0.3) is 0 Å². The summed E-state index contributed by atoms with van der Waals surface area (Å²) in [5.74, 6) is -0.331. The molecule has 1 atom stereocenters. The molecule has 3 N–H and O–H groups in total. The Morgan fingerprint density at radius 2 is 1.84 bits per heavy atom. The lowest BCUT2D eigenvalue weighted by Crippen LogP contribution is -2.45. The minimum absolute atomic E-state index is 0.119. The maximum Gasteiger partial charge on any atom is 0.240 e. The molecule has 0 aliphatic rings. The maximum absolute atomic E-state index is 11.7. The van der Waals surface area contributed by atoms with Gasteiger partial charge in [-0.2, -0.15) is 0 Å². The molecule has 0 unspecified atom stereocenters. The lowest BCUT2D eigenvalue weighted by Gasteiger charge is -2.16. The quantitative estimate of drug-likeness (QED) is 0.784. The highest BCUT2D eigenvalue weighted by molar-refractivity contribution is 5.86. The van der Waals surface area contributed by atoms with Crippen LogP contribution in [0.5, 0.6) is 0 Å². The fourth-order valence-electron chi connectivity index (χ4n) is 1.87. The fourth-order valence-corrected chi connectivity index (χ4v) is 1.87. The van der Waals surface area contributed by atoms with Crippen molar-refractivity contribution in [3.05, 3.63) is 35.9 Å². The van der Waals surface area contributed by atoms with Crippen LogP contribution in [-0.4, -0.2) is 17.9 Å². The molecular weight excluding hydrogens is 240 g/mol. The first-order chi connectivity index (χ1) is 8.99. The van der Waals surface area contributed by atoms with E-state index in [9.17, 15) is 9.59 Å². The summed E-state index contributed by atoms with van der Waals surface area (Å²) in [5.41, 5.74) is 6.46. The number of benzene rings is 1. The van der Waals surface area contributed by atoms with Crippen molar-refractivity contribution in [3.8, 4) is 0 Å². The van der Waals surface area contributed by atoms with Crippen LogP contribution in [0.15, 0.2) is 30.3 Å². The van der Waals surface area contributed by atoms with Gasteiger partial charge in [0.15, 0.2) is 0 Å². The van der Waals surface area contributed by atoms with Gasteiger partial charge in [-0.05, 0) is 24.3 Å². The van der Waals surface area contributed by atoms with E-state index >= 15 is 0 Å². The summed E-state index contributed by atoms with van der Waals surface area (Å²) < 4.78 is 0. The summed E-state index contributed by atoms with van der Waals surface area (Å²) in [6, 6.07) is 9.24. The van der Waals surface area contributed by atoms with Crippen LogP contribution < -0.4 is 11.1 Å². The average Bonchev–Trinajstić information content (AvgIpc) is 2.34. The van der Waals surface area contributed by atoms with Crippen molar-refractivity contribution in [1.82, 2.24) is 5.32 Å². The normalized spacial score (nSPS) is 12.2. The van der Waals surface area contributed by atoms with E-state index in [0.29, 0.717) is 12.8 Å². The molecule has 0 aromatic heterocycles. The van der Waals surface area contributed by atoms with Gasteiger partial charge in [-0.3, -0.25) is 9.59 Å². The number of nitrogens with two attached hydrogens (primary N) is 1. The predicted octanol–water partition coefficient (Wildman–Crippen LogP) is 1.64. The Kier molecular flexibility index (Phi) is 6.06. The van der Waals surface area contributed by atoms with E-state index in [1.165, 1.54) is 0 Å². The van der Waals surface area contributed by atoms with E-state index in [1.54, 1.807) is 0 Å². The molecule has 4 heteroatoms. The van der Waals surface area contributed by atoms with Crippen molar-refractivity contribution in [3.63, 3.8) is 0 Å². The number of amides is 2. The molecule has 104 valence electrons. The lowest BCUT2D eigenvalue weighted by molar-refractivity contribution is -0.127. The van der Waals surface area contributed by atoms with E-state index in [2.05, 4.69) is 5.32 Å². The second-order valence-electron chi connectivity index (χ2n) is 5.14. The monoisotopic (exact) mass is 262 g/mol. The van der Waals surface area contributed by atoms with Crippen molar-refractivity contribution in [2.75, 3.05) is 0 Å². The van der Waals surface area contributed by atoms with Crippen LogP contribution in [0.1, 0.15) is 32.3 Å². The first-order valence-corrected chi connectivity index (χ1v) is 6.61. The van der Waals surface area contributed by atoms with Crippen LogP contribution in [-0.2, 0) is 16.0 Å². The molecule has 0 fully saturated rings. The minimum atomic E-state index is -0.591. The van der Waals surface area contributed by atoms with Gasteiger partial charge in [0.1, 0.15) is 6.04 Å². The van der Waals surface area contributed by atoms with E-state index in [1.807, 2.05) is 44.2 Å². The minimum Gasteiger partial charge on any atom is -0.368 e. The van der Waals surface area contributed by atoms with Gasteiger partial charge >= 0.3 is 0 Å². The molecule has 2 amide bonds. The number of carbonyl (C=O) groups is 2. The van der Waals surface area contributed by atoms with Gasteiger partial charge in [-0.1, -0.05) is 44.2 Å². The third-order valence-electron chi connectivity index (χ3n) is 2.84. The third-order valence-corrected chi connectivity index (χ3v) is 2.84. The van der Waals surface area contributed by atoms with E-state index < -0.39 is 11.9 Å². The Balaban J connectivity index is 2.49. The Morgan fingerprint density at radius 1 is 1.21 bits per heavy atom. The molecule has 1 rings (SSSR count). The molecule has 4 nitrogen and oxygen atoms in total. The Bertz CT molecular complexity index is 415. The molecule has 0 bridgehead atoms. The maximum atomic E-state index is 11.7.